The van der Waals surface area contributed by atoms with Gasteiger partial charge in [0.05, 0.1) is 18.1 Å². The quantitative estimate of drug-likeness (QED) is 0.343. The van der Waals surface area contributed by atoms with Gasteiger partial charge in [-0.3, -0.25) is 9.35 Å². The first-order chi connectivity index (χ1) is 10.7. The van der Waals surface area contributed by atoms with Crippen LogP contribution in [0.3, 0.4) is 0 Å². The Labute approximate surface area is 131 Å². The van der Waals surface area contributed by atoms with Gasteiger partial charge in [0.1, 0.15) is 5.75 Å². The topological polar surface area (TPSA) is 93.2 Å². The van der Waals surface area contributed by atoms with E-state index < -0.39 is 51.8 Å². The number of hydrogen-bond acceptors (Lipinski definition) is 5. The van der Waals surface area contributed by atoms with Crippen LogP contribution in [0.2, 0.25) is 0 Å². The number of esters is 1. The van der Waals surface area contributed by atoms with E-state index in [1.54, 1.807) is 0 Å². The maximum atomic E-state index is 13.0. The molecule has 0 aromatic heterocycles. The standard InChI is InChI=1S/C11H12F6O6S/c12-10(13,14)9(11(15,16)17,4-24(19,20)21)23-8(18)5-1-2-6-7(3-5)22-6/h5-7H,1-4H2,(H,19,20,21). The van der Waals surface area contributed by atoms with Crippen molar-refractivity contribution < 1.29 is 53.6 Å². The summed E-state index contributed by atoms with van der Waals surface area (Å²) < 4.78 is 117. The van der Waals surface area contributed by atoms with E-state index in [4.69, 9.17) is 9.29 Å². The lowest BCUT2D eigenvalue weighted by atomic mass is 9.89. The number of alkyl halides is 6. The van der Waals surface area contributed by atoms with Crippen molar-refractivity contribution in [2.45, 2.75) is 49.4 Å². The number of hydrogen-bond donors (Lipinski definition) is 1. The molecule has 0 bridgehead atoms. The van der Waals surface area contributed by atoms with E-state index in [9.17, 15) is 39.6 Å². The van der Waals surface area contributed by atoms with Gasteiger partial charge in [-0.05, 0) is 19.3 Å². The molecule has 3 atom stereocenters. The summed E-state index contributed by atoms with van der Waals surface area (Å²) in [6.45, 7) is 0. The average Bonchev–Trinajstić information content (AvgIpc) is 3.11. The average molecular weight is 386 g/mol. The Morgan fingerprint density at radius 1 is 1.08 bits per heavy atom. The molecule has 1 saturated heterocycles. The van der Waals surface area contributed by atoms with E-state index in [2.05, 4.69) is 4.74 Å². The van der Waals surface area contributed by atoms with Crippen molar-refractivity contribution in [3.05, 3.63) is 0 Å². The predicted molar refractivity (Wildman–Crippen MR) is 63.4 cm³/mol. The Morgan fingerprint density at radius 3 is 2.04 bits per heavy atom. The van der Waals surface area contributed by atoms with Gasteiger partial charge < -0.3 is 9.47 Å². The molecule has 1 heterocycles. The van der Waals surface area contributed by atoms with Gasteiger partial charge in [0.25, 0.3) is 10.1 Å². The highest BCUT2D eigenvalue weighted by molar-refractivity contribution is 7.85. The minimum atomic E-state index is -6.30. The summed E-state index contributed by atoms with van der Waals surface area (Å²) in [7, 11) is -5.77. The zero-order valence-corrected chi connectivity index (χ0v) is 12.5. The molecular formula is C11H12F6O6S. The number of rotatable bonds is 4. The number of carbonyl (C=O) groups is 1. The molecule has 2 aliphatic rings. The highest BCUT2D eigenvalue weighted by atomic mass is 32.2. The lowest BCUT2D eigenvalue weighted by molar-refractivity contribution is -0.362. The largest absolute Gasteiger partial charge is 0.438 e. The maximum Gasteiger partial charge on any atom is 0.438 e. The highest BCUT2D eigenvalue weighted by Gasteiger charge is 2.76. The molecule has 0 aromatic carbocycles. The van der Waals surface area contributed by atoms with Crippen LogP contribution in [0.15, 0.2) is 0 Å². The second-order valence-corrected chi connectivity index (χ2v) is 7.15. The first-order valence-corrected chi connectivity index (χ1v) is 8.24. The predicted octanol–water partition coefficient (Wildman–Crippen LogP) is 1.85. The van der Waals surface area contributed by atoms with Crippen LogP contribution >= 0.6 is 0 Å². The van der Waals surface area contributed by atoms with Gasteiger partial charge in [-0.25, -0.2) is 0 Å². The van der Waals surface area contributed by atoms with Crippen molar-refractivity contribution in [3.8, 4) is 0 Å². The molecule has 1 N–H and O–H groups in total. The number of ether oxygens (including phenoxy) is 2. The van der Waals surface area contributed by atoms with Crippen LogP contribution in [-0.4, -0.2) is 54.9 Å². The summed E-state index contributed by atoms with van der Waals surface area (Å²) in [4.78, 5) is 11.8. The lowest BCUT2D eigenvalue weighted by Gasteiger charge is -2.36. The van der Waals surface area contributed by atoms with Gasteiger partial charge in [0, 0.05) is 0 Å². The molecule has 0 spiro atoms. The Kier molecular flexibility index (Phi) is 4.59. The van der Waals surface area contributed by atoms with E-state index >= 15 is 0 Å². The Bertz CT molecular complexity index is 597. The molecule has 1 aliphatic carbocycles. The van der Waals surface area contributed by atoms with Gasteiger partial charge in [-0.2, -0.15) is 34.8 Å². The molecule has 3 unspecified atom stereocenters. The fourth-order valence-electron chi connectivity index (χ4n) is 2.60. The minimum Gasteiger partial charge on any atom is -0.438 e. The summed E-state index contributed by atoms with van der Waals surface area (Å²) >= 11 is 0. The van der Waals surface area contributed by atoms with Crippen molar-refractivity contribution in [1.82, 2.24) is 0 Å². The third-order valence-corrected chi connectivity index (χ3v) is 4.69. The van der Waals surface area contributed by atoms with Gasteiger partial charge in [0.2, 0.25) is 0 Å². The number of fused-ring (bicyclic) bond motifs is 1. The molecular weight excluding hydrogens is 374 g/mol. The summed E-state index contributed by atoms with van der Waals surface area (Å²) in [6.07, 6.45) is -13.1. The van der Waals surface area contributed by atoms with Crippen LogP contribution in [0, 0.1) is 5.92 Å². The molecule has 140 valence electrons. The maximum absolute atomic E-state index is 13.0. The fraction of sp³-hybridized carbons (Fsp3) is 0.909. The highest BCUT2D eigenvalue weighted by Crippen LogP contribution is 2.48. The van der Waals surface area contributed by atoms with Crippen molar-refractivity contribution in [3.63, 3.8) is 0 Å². The smallest absolute Gasteiger partial charge is 0.438 e. The Balaban J connectivity index is 2.32. The minimum absolute atomic E-state index is 0.0440. The van der Waals surface area contributed by atoms with Crippen LogP contribution in [-0.2, 0) is 24.4 Å². The number of carbonyl (C=O) groups excluding carboxylic acids is 1. The normalized spacial score (nSPS) is 28.2. The van der Waals surface area contributed by atoms with E-state index in [-0.39, 0.29) is 25.4 Å². The second-order valence-electron chi connectivity index (χ2n) is 5.69. The number of epoxide rings is 1. The molecule has 2 rings (SSSR count). The molecule has 2 fully saturated rings. The van der Waals surface area contributed by atoms with Crippen molar-refractivity contribution >= 4 is 16.1 Å². The van der Waals surface area contributed by atoms with Gasteiger partial charge >= 0.3 is 23.9 Å². The van der Waals surface area contributed by atoms with E-state index in [1.165, 1.54) is 0 Å². The van der Waals surface area contributed by atoms with Crippen LogP contribution < -0.4 is 0 Å². The molecule has 6 nitrogen and oxygen atoms in total. The molecule has 0 radical (unpaired) electrons. The van der Waals surface area contributed by atoms with Crippen LogP contribution in [0.4, 0.5) is 26.3 Å². The first-order valence-electron chi connectivity index (χ1n) is 6.63. The zero-order chi connectivity index (χ0) is 18.6. The molecule has 0 aromatic rings. The third kappa shape index (κ3) is 3.77. The van der Waals surface area contributed by atoms with E-state index in [1.807, 2.05) is 0 Å². The van der Waals surface area contributed by atoms with Crippen molar-refractivity contribution in [2.24, 2.45) is 5.92 Å². The second kappa shape index (κ2) is 5.73. The summed E-state index contributed by atoms with van der Waals surface area (Å²) in [6, 6.07) is 0. The molecule has 13 heteroatoms. The molecule has 1 aliphatic heterocycles. The SMILES string of the molecule is O=C(OC(CS(=O)(=O)O)(C(F)(F)F)C(F)(F)F)C1CCC2OC2C1. The van der Waals surface area contributed by atoms with Crippen LogP contribution in [0.25, 0.3) is 0 Å². The van der Waals surface area contributed by atoms with Crippen molar-refractivity contribution in [2.75, 3.05) is 5.75 Å². The summed E-state index contributed by atoms with van der Waals surface area (Å²) in [5, 5.41) is 0. The summed E-state index contributed by atoms with van der Waals surface area (Å²) in [5.74, 6) is -5.98. The Hall–Kier alpha value is -1.08. The van der Waals surface area contributed by atoms with E-state index in [0.29, 0.717) is 0 Å². The number of halogens is 6. The van der Waals surface area contributed by atoms with Gasteiger partial charge in [-0.15, -0.1) is 0 Å². The molecule has 1 saturated carbocycles. The van der Waals surface area contributed by atoms with Crippen LogP contribution in [0.5, 0.6) is 0 Å². The zero-order valence-electron chi connectivity index (χ0n) is 11.7. The monoisotopic (exact) mass is 386 g/mol. The third-order valence-electron chi connectivity index (χ3n) is 3.91. The van der Waals surface area contributed by atoms with E-state index in [0.717, 1.165) is 0 Å². The molecule has 0 amide bonds. The summed E-state index contributed by atoms with van der Waals surface area (Å²) in [5.41, 5.74) is -5.34. The van der Waals surface area contributed by atoms with Gasteiger partial charge in [-0.1, -0.05) is 0 Å². The van der Waals surface area contributed by atoms with Crippen LogP contribution in [0.1, 0.15) is 19.3 Å². The first kappa shape index (κ1) is 19.2. The lowest BCUT2D eigenvalue weighted by Crippen LogP contribution is -2.63. The van der Waals surface area contributed by atoms with Crippen molar-refractivity contribution in [1.29, 1.82) is 0 Å². The van der Waals surface area contributed by atoms with Gasteiger partial charge in [0.15, 0.2) is 0 Å². The fourth-order valence-corrected chi connectivity index (χ4v) is 3.50. The Morgan fingerprint density at radius 2 is 1.62 bits per heavy atom. The molecule has 24 heavy (non-hydrogen) atoms.